The number of imide groups is 1. The number of nitrogens with one attached hydrogen (secondary N) is 2. The molecule has 0 radical (unpaired) electrons. The average molecular weight is 350 g/mol. The highest BCUT2D eigenvalue weighted by Crippen LogP contribution is 2.19. The van der Waals surface area contributed by atoms with Crippen LogP contribution in [0.2, 0.25) is 0 Å². The zero-order valence-electron chi connectivity index (χ0n) is 14.6. The Morgan fingerprint density at radius 1 is 1.33 bits per heavy atom. The van der Waals surface area contributed by atoms with Gasteiger partial charge in [0.1, 0.15) is 0 Å². The predicted octanol–water partition coefficient (Wildman–Crippen LogP) is 3.20. The fourth-order valence-corrected chi connectivity index (χ4v) is 3.78. The second-order valence-corrected chi connectivity index (χ2v) is 7.36. The second-order valence-electron chi connectivity index (χ2n) is 6.36. The summed E-state index contributed by atoms with van der Waals surface area (Å²) in [5.74, 6) is -0.277. The monoisotopic (exact) mass is 349 g/mol. The summed E-state index contributed by atoms with van der Waals surface area (Å²) >= 11 is 1.69. The molecule has 6 heteroatoms. The van der Waals surface area contributed by atoms with Crippen molar-refractivity contribution in [3.05, 3.63) is 33.5 Å². The smallest absolute Gasteiger partial charge is 0.321 e. The standard InChI is InChI=1S/C18H27N3O2S/c1-14-9-11-24-16(14)12-21(2)13-17(22)20-18(23)19-10-8-15-6-4-3-5-7-15/h6,9,11H,3-5,7-8,10,12-13H2,1-2H3,(H2,19,20,22,23). The molecule has 3 amide bonds. The van der Waals surface area contributed by atoms with Crippen LogP contribution in [0.25, 0.3) is 0 Å². The van der Waals surface area contributed by atoms with E-state index in [2.05, 4.69) is 29.7 Å². The third kappa shape index (κ3) is 6.45. The summed E-state index contributed by atoms with van der Waals surface area (Å²) in [5, 5.41) is 7.21. The first-order valence-corrected chi connectivity index (χ1v) is 9.39. The van der Waals surface area contributed by atoms with Gasteiger partial charge in [0.2, 0.25) is 5.91 Å². The maximum atomic E-state index is 11.9. The van der Waals surface area contributed by atoms with E-state index in [-0.39, 0.29) is 12.5 Å². The number of thiophene rings is 1. The quantitative estimate of drug-likeness (QED) is 0.743. The molecule has 0 bridgehead atoms. The number of nitrogens with zero attached hydrogens (tertiary/aromatic N) is 1. The van der Waals surface area contributed by atoms with Crippen LogP contribution in [-0.2, 0) is 11.3 Å². The van der Waals surface area contributed by atoms with E-state index in [9.17, 15) is 9.59 Å². The Morgan fingerprint density at radius 2 is 2.17 bits per heavy atom. The first-order valence-electron chi connectivity index (χ1n) is 8.51. The second kappa shape index (κ2) is 9.59. The van der Waals surface area contributed by atoms with Gasteiger partial charge >= 0.3 is 6.03 Å². The Morgan fingerprint density at radius 3 is 2.83 bits per heavy atom. The summed E-state index contributed by atoms with van der Waals surface area (Å²) < 4.78 is 0. The highest BCUT2D eigenvalue weighted by atomic mass is 32.1. The van der Waals surface area contributed by atoms with E-state index in [0.717, 1.165) is 19.3 Å². The van der Waals surface area contributed by atoms with E-state index in [1.165, 1.54) is 28.9 Å². The Labute approximate surface area is 148 Å². The van der Waals surface area contributed by atoms with Gasteiger partial charge in [-0.25, -0.2) is 4.79 Å². The molecule has 2 rings (SSSR count). The molecule has 5 nitrogen and oxygen atoms in total. The van der Waals surface area contributed by atoms with Gasteiger partial charge in [0.15, 0.2) is 0 Å². The van der Waals surface area contributed by atoms with E-state index in [0.29, 0.717) is 13.1 Å². The van der Waals surface area contributed by atoms with Crippen LogP contribution in [0.15, 0.2) is 23.1 Å². The molecule has 0 unspecified atom stereocenters. The topological polar surface area (TPSA) is 61.4 Å². The van der Waals surface area contributed by atoms with Crippen molar-refractivity contribution in [2.45, 2.75) is 45.6 Å². The molecular formula is C18H27N3O2S. The van der Waals surface area contributed by atoms with Crippen LogP contribution in [0.3, 0.4) is 0 Å². The van der Waals surface area contributed by atoms with Crippen LogP contribution in [0.5, 0.6) is 0 Å². The third-order valence-electron chi connectivity index (χ3n) is 4.16. The van der Waals surface area contributed by atoms with Gasteiger partial charge in [-0.2, -0.15) is 0 Å². The molecular weight excluding hydrogens is 322 g/mol. The maximum Gasteiger partial charge on any atom is 0.321 e. The molecule has 0 saturated carbocycles. The Kier molecular flexibility index (Phi) is 7.46. The summed E-state index contributed by atoms with van der Waals surface area (Å²) in [6, 6.07) is 1.67. The molecule has 24 heavy (non-hydrogen) atoms. The number of likely N-dealkylation sites (N-methyl/N-ethyl adjacent to an activating group) is 1. The minimum Gasteiger partial charge on any atom is -0.337 e. The molecule has 0 aromatic carbocycles. The van der Waals surface area contributed by atoms with Crippen molar-refractivity contribution in [3.8, 4) is 0 Å². The molecule has 1 aromatic heterocycles. The number of allylic oxidation sites excluding steroid dienone is 1. The van der Waals surface area contributed by atoms with E-state index < -0.39 is 6.03 Å². The molecule has 1 aliphatic carbocycles. The van der Waals surface area contributed by atoms with Crippen molar-refractivity contribution in [2.75, 3.05) is 20.1 Å². The van der Waals surface area contributed by atoms with Crippen LogP contribution in [0.4, 0.5) is 4.79 Å². The lowest BCUT2D eigenvalue weighted by atomic mass is 9.97. The van der Waals surface area contributed by atoms with Gasteiger partial charge < -0.3 is 5.32 Å². The van der Waals surface area contributed by atoms with Crippen molar-refractivity contribution >= 4 is 23.3 Å². The van der Waals surface area contributed by atoms with E-state index >= 15 is 0 Å². The fraction of sp³-hybridized carbons (Fsp3) is 0.556. The zero-order chi connectivity index (χ0) is 17.4. The lowest BCUT2D eigenvalue weighted by molar-refractivity contribution is -0.120. The number of aryl methyl sites for hydroxylation is 1. The molecule has 0 saturated heterocycles. The first-order chi connectivity index (χ1) is 11.5. The fourth-order valence-electron chi connectivity index (χ4n) is 2.79. The normalized spacial score (nSPS) is 14.4. The van der Waals surface area contributed by atoms with Gasteiger partial charge in [-0.05, 0) is 63.1 Å². The molecule has 1 aromatic rings. The number of hydrogen-bond donors (Lipinski definition) is 2. The van der Waals surface area contributed by atoms with Crippen molar-refractivity contribution < 1.29 is 9.59 Å². The van der Waals surface area contributed by atoms with Gasteiger partial charge in [0.05, 0.1) is 6.54 Å². The van der Waals surface area contributed by atoms with Crippen LogP contribution < -0.4 is 10.6 Å². The van der Waals surface area contributed by atoms with Gasteiger partial charge in [0, 0.05) is 18.0 Å². The molecule has 1 aliphatic rings. The van der Waals surface area contributed by atoms with Gasteiger partial charge in [-0.15, -0.1) is 11.3 Å². The number of amides is 3. The van der Waals surface area contributed by atoms with E-state index in [4.69, 9.17) is 0 Å². The molecule has 0 atom stereocenters. The number of carbonyl (C=O) groups excluding carboxylic acids is 2. The summed E-state index contributed by atoms with van der Waals surface area (Å²) in [4.78, 5) is 26.8. The Balaban J connectivity index is 1.63. The predicted molar refractivity (Wildman–Crippen MR) is 98.1 cm³/mol. The molecule has 0 spiro atoms. The summed E-state index contributed by atoms with van der Waals surface area (Å²) in [6.07, 6.45) is 7.94. The summed E-state index contributed by atoms with van der Waals surface area (Å²) in [7, 11) is 1.88. The minimum absolute atomic E-state index is 0.204. The molecule has 1 heterocycles. The number of carbonyl (C=O) groups is 2. The number of urea groups is 1. The van der Waals surface area contributed by atoms with Crippen molar-refractivity contribution in [1.29, 1.82) is 0 Å². The highest BCUT2D eigenvalue weighted by Gasteiger charge is 2.12. The van der Waals surface area contributed by atoms with Gasteiger partial charge in [-0.1, -0.05) is 11.6 Å². The number of rotatable bonds is 7. The van der Waals surface area contributed by atoms with Crippen LogP contribution in [0.1, 0.15) is 42.5 Å². The lowest BCUT2D eigenvalue weighted by Gasteiger charge is -2.16. The SMILES string of the molecule is Cc1ccsc1CN(C)CC(=O)NC(=O)NCCC1=CCCCC1. The van der Waals surface area contributed by atoms with Crippen molar-refractivity contribution in [3.63, 3.8) is 0 Å². The van der Waals surface area contributed by atoms with Crippen LogP contribution >= 0.6 is 11.3 Å². The van der Waals surface area contributed by atoms with Crippen molar-refractivity contribution in [2.24, 2.45) is 0 Å². The molecule has 132 valence electrons. The van der Waals surface area contributed by atoms with Gasteiger partial charge in [-0.3, -0.25) is 15.0 Å². The highest BCUT2D eigenvalue weighted by molar-refractivity contribution is 7.10. The Bertz CT molecular complexity index is 595. The van der Waals surface area contributed by atoms with Crippen molar-refractivity contribution in [1.82, 2.24) is 15.5 Å². The van der Waals surface area contributed by atoms with E-state index in [1.807, 2.05) is 17.3 Å². The number of hydrogen-bond acceptors (Lipinski definition) is 4. The average Bonchev–Trinajstić information content (AvgIpc) is 2.93. The molecule has 2 N–H and O–H groups in total. The Hall–Kier alpha value is -1.66. The summed E-state index contributed by atoms with van der Waals surface area (Å²) in [5.41, 5.74) is 2.65. The minimum atomic E-state index is -0.405. The molecule has 0 aliphatic heterocycles. The van der Waals surface area contributed by atoms with Crippen LogP contribution in [-0.4, -0.2) is 37.0 Å². The first kappa shape index (κ1) is 18.7. The lowest BCUT2D eigenvalue weighted by Crippen LogP contribution is -2.43. The van der Waals surface area contributed by atoms with Gasteiger partial charge in [0.25, 0.3) is 0 Å². The van der Waals surface area contributed by atoms with E-state index in [1.54, 1.807) is 11.3 Å². The maximum absolute atomic E-state index is 11.9. The zero-order valence-corrected chi connectivity index (χ0v) is 15.4. The largest absolute Gasteiger partial charge is 0.337 e. The van der Waals surface area contributed by atoms with Crippen LogP contribution in [0, 0.1) is 6.92 Å². The third-order valence-corrected chi connectivity index (χ3v) is 5.17. The molecule has 0 fully saturated rings. The summed E-state index contributed by atoms with van der Waals surface area (Å²) in [6.45, 7) is 3.56.